The summed E-state index contributed by atoms with van der Waals surface area (Å²) in [5.74, 6) is 0.0139. The van der Waals surface area contributed by atoms with E-state index in [1.54, 1.807) is 18.2 Å². The summed E-state index contributed by atoms with van der Waals surface area (Å²) in [4.78, 5) is 25.7. The van der Waals surface area contributed by atoms with E-state index in [0.717, 1.165) is 25.8 Å². The molecule has 144 valence electrons. The highest BCUT2D eigenvalue weighted by molar-refractivity contribution is 14.1. The van der Waals surface area contributed by atoms with Gasteiger partial charge in [0.1, 0.15) is 6.61 Å². The molecule has 0 aliphatic carbocycles. The van der Waals surface area contributed by atoms with Gasteiger partial charge in [-0.2, -0.15) is 0 Å². The monoisotopic (exact) mass is 545 g/mol. The van der Waals surface area contributed by atoms with Crippen molar-refractivity contribution >= 4 is 74.8 Å². The molecule has 2 aromatic rings. The zero-order valence-electron chi connectivity index (χ0n) is 14.5. The lowest BCUT2D eigenvalue weighted by Gasteiger charge is -2.11. The van der Waals surface area contributed by atoms with Crippen LogP contribution in [0.3, 0.4) is 0 Å². The molecule has 3 rings (SSSR count). The first kappa shape index (κ1) is 21.2. The number of benzene rings is 2. The standard InChI is InChI=1S/C20H14Cl2INO3S/c1-2-7-24-19(25)17(28-20(24)26)10-13-8-15(21)18(16(22)9-13)27-11-12-3-5-14(23)6-4-12/h2-6,8-10H,1,7,11H2/b17-10+. The molecular weight excluding hydrogens is 532 g/mol. The fourth-order valence-electron chi connectivity index (χ4n) is 2.47. The molecule has 4 nitrogen and oxygen atoms in total. The Labute approximate surface area is 190 Å². The molecule has 0 aromatic heterocycles. The number of nitrogens with zero attached hydrogens (tertiary/aromatic N) is 1. The number of carbonyl (C=O) groups excluding carboxylic acids is 2. The maximum Gasteiger partial charge on any atom is 0.293 e. The van der Waals surface area contributed by atoms with Crippen LogP contribution >= 0.6 is 57.6 Å². The van der Waals surface area contributed by atoms with Gasteiger partial charge in [-0.3, -0.25) is 14.5 Å². The van der Waals surface area contributed by atoms with E-state index < -0.39 is 0 Å². The van der Waals surface area contributed by atoms with Crippen molar-refractivity contribution in [1.82, 2.24) is 4.90 Å². The van der Waals surface area contributed by atoms with E-state index in [1.807, 2.05) is 24.3 Å². The van der Waals surface area contributed by atoms with E-state index in [2.05, 4.69) is 29.2 Å². The summed E-state index contributed by atoms with van der Waals surface area (Å²) in [5, 5.41) is 0.329. The predicted octanol–water partition coefficient (Wildman–Crippen LogP) is 6.40. The van der Waals surface area contributed by atoms with Crippen LogP contribution in [0, 0.1) is 3.57 Å². The Morgan fingerprint density at radius 1 is 1.14 bits per heavy atom. The molecule has 0 spiro atoms. The van der Waals surface area contributed by atoms with Crippen LogP contribution < -0.4 is 4.74 Å². The van der Waals surface area contributed by atoms with Crippen LogP contribution in [0.5, 0.6) is 5.75 Å². The fourth-order valence-corrected chi connectivity index (χ4v) is 4.30. The van der Waals surface area contributed by atoms with Gasteiger partial charge in [-0.05, 0) is 75.8 Å². The van der Waals surface area contributed by atoms with Crippen molar-refractivity contribution < 1.29 is 14.3 Å². The maximum atomic E-state index is 12.3. The number of hydrogen-bond donors (Lipinski definition) is 0. The molecule has 1 aliphatic heterocycles. The Kier molecular flexibility index (Phi) is 7.09. The number of hydrogen-bond acceptors (Lipinski definition) is 4. The minimum Gasteiger partial charge on any atom is -0.486 e. The SMILES string of the molecule is C=CCN1C(=O)S/C(=C/c2cc(Cl)c(OCc3ccc(I)cc3)c(Cl)c2)C1=O. The third-order valence-corrected chi connectivity index (χ3v) is 5.99. The predicted molar refractivity (Wildman–Crippen MR) is 123 cm³/mol. The largest absolute Gasteiger partial charge is 0.486 e. The number of halogens is 3. The second-order valence-electron chi connectivity index (χ2n) is 5.81. The molecule has 1 aliphatic rings. The van der Waals surface area contributed by atoms with Crippen molar-refractivity contribution in [2.45, 2.75) is 6.61 Å². The fraction of sp³-hybridized carbons (Fsp3) is 0.100. The second-order valence-corrected chi connectivity index (χ2v) is 8.86. The van der Waals surface area contributed by atoms with Gasteiger partial charge < -0.3 is 4.74 Å². The van der Waals surface area contributed by atoms with Crippen LogP contribution in [-0.2, 0) is 11.4 Å². The summed E-state index contributed by atoms with van der Waals surface area (Å²) in [6.07, 6.45) is 3.10. The van der Waals surface area contributed by atoms with Gasteiger partial charge in [-0.15, -0.1) is 6.58 Å². The van der Waals surface area contributed by atoms with Gasteiger partial charge in [-0.1, -0.05) is 41.4 Å². The normalized spacial score (nSPS) is 15.4. The first-order valence-electron chi connectivity index (χ1n) is 8.11. The molecule has 0 N–H and O–H groups in total. The van der Waals surface area contributed by atoms with Crippen molar-refractivity contribution in [3.8, 4) is 5.75 Å². The Morgan fingerprint density at radius 3 is 2.39 bits per heavy atom. The van der Waals surface area contributed by atoms with E-state index in [4.69, 9.17) is 27.9 Å². The minimum absolute atomic E-state index is 0.175. The lowest BCUT2D eigenvalue weighted by Crippen LogP contribution is -2.27. The topological polar surface area (TPSA) is 46.6 Å². The van der Waals surface area contributed by atoms with Crippen molar-refractivity contribution in [3.63, 3.8) is 0 Å². The van der Waals surface area contributed by atoms with E-state index >= 15 is 0 Å². The van der Waals surface area contributed by atoms with Crippen molar-refractivity contribution in [1.29, 1.82) is 0 Å². The number of imide groups is 1. The summed E-state index contributed by atoms with van der Waals surface area (Å²) in [6.45, 7) is 4.06. The third kappa shape index (κ3) is 4.92. The van der Waals surface area contributed by atoms with Gasteiger partial charge in [0.05, 0.1) is 15.0 Å². The number of amides is 2. The molecule has 0 unspecified atom stereocenters. The van der Waals surface area contributed by atoms with Gasteiger partial charge >= 0.3 is 0 Å². The molecule has 2 aromatic carbocycles. The number of rotatable bonds is 6. The summed E-state index contributed by atoms with van der Waals surface area (Å²) in [5.41, 5.74) is 1.60. The van der Waals surface area contributed by atoms with E-state index in [1.165, 1.54) is 6.08 Å². The summed E-state index contributed by atoms with van der Waals surface area (Å²) >= 11 is 15.8. The first-order valence-corrected chi connectivity index (χ1v) is 10.8. The van der Waals surface area contributed by atoms with Gasteiger partial charge in [0.15, 0.2) is 5.75 Å². The van der Waals surface area contributed by atoms with Crippen LogP contribution in [-0.4, -0.2) is 22.6 Å². The van der Waals surface area contributed by atoms with Crippen molar-refractivity contribution in [2.75, 3.05) is 6.54 Å². The lowest BCUT2D eigenvalue weighted by atomic mass is 10.2. The molecule has 28 heavy (non-hydrogen) atoms. The van der Waals surface area contributed by atoms with Gasteiger partial charge in [0.2, 0.25) is 0 Å². The van der Waals surface area contributed by atoms with Crippen molar-refractivity contribution in [3.05, 3.63) is 78.7 Å². The summed E-state index contributed by atoms with van der Waals surface area (Å²) in [7, 11) is 0. The second kappa shape index (κ2) is 9.35. The zero-order valence-corrected chi connectivity index (χ0v) is 18.9. The highest BCUT2D eigenvalue weighted by Crippen LogP contribution is 2.37. The smallest absolute Gasteiger partial charge is 0.293 e. The molecule has 0 bridgehead atoms. The van der Waals surface area contributed by atoms with Gasteiger partial charge in [0, 0.05) is 10.1 Å². The number of ether oxygens (including phenoxy) is 1. The van der Waals surface area contributed by atoms with E-state index in [9.17, 15) is 9.59 Å². The van der Waals surface area contributed by atoms with Gasteiger partial charge in [-0.25, -0.2) is 0 Å². The quantitative estimate of drug-likeness (QED) is 0.239. The van der Waals surface area contributed by atoms with E-state index in [0.29, 0.717) is 32.9 Å². The highest BCUT2D eigenvalue weighted by Gasteiger charge is 2.34. The van der Waals surface area contributed by atoms with Crippen LogP contribution in [0.25, 0.3) is 6.08 Å². The molecule has 1 heterocycles. The van der Waals surface area contributed by atoms with E-state index in [-0.39, 0.29) is 17.7 Å². The number of carbonyl (C=O) groups is 2. The maximum absolute atomic E-state index is 12.3. The molecule has 1 fully saturated rings. The molecule has 8 heteroatoms. The Balaban J connectivity index is 1.78. The highest BCUT2D eigenvalue weighted by atomic mass is 127. The average Bonchev–Trinajstić information content (AvgIpc) is 2.90. The molecule has 0 saturated carbocycles. The third-order valence-electron chi connectivity index (χ3n) is 3.80. The molecule has 0 atom stereocenters. The molecule has 2 amide bonds. The molecule has 0 radical (unpaired) electrons. The van der Waals surface area contributed by atoms with Gasteiger partial charge in [0.25, 0.3) is 11.1 Å². The average molecular weight is 546 g/mol. The Morgan fingerprint density at radius 2 is 1.79 bits per heavy atom. The lowest BCUT2D eigenvalue weighted by molar-refractivity contribution is -0.122. The number of thioether (sulfide) groups is 1. The first-order chi connectivity index (χ1) is 13.4. The Bertz CT molecular complexity index is 953. The van der Waals surface area contributed by atoms with Crippen LogP contribution in [0.4, 0.5) is 4.79 Å². The summed E-state index contributed by atoms with van der Waals surface area (Å²) in [6, 6.07) is 11.2. The van der Waals surface area contributed by atoms with Crippen LogP contribution in [0.15, 0.2) is 54.0 Å². The minimum atomic E-state index is -0.360. The van der Waals surface area contributed by atoms with Crippen molar-refractivity contribution in [2.24, 2.45) is 0 Å². The van der Waals surface area contributed by atoms with Crippen LogP contribution in [0.1, 0.15) is 11.1 Å². The van der Waals surface area contributed by atoms with Crippen LogP contribution in [0.2, 0.25) is 10.0 Å². The summed E-state index contributed by atoms with van der Waals surface area (Å²) < 4.78 is 6.91. The Hall–Kier alpha value is -1.48. The zero-order chi connectivity index (χ0) is 20.3. The molecule has 1 saturated heterocycles. The molecular formula is C20H14Cl2INO3S.